The molecular weight excluding hydrogens is 234 g/mol. The molecule has 0 aromatic heterocycles. The highest BCUT2D eigenvalue weighted by Crippen LogP contribution is 2.32. The number of hydrogen-bond acceptors (Lipinski definition) is 1. The summed E-state index contributed by atoms with van der Waals surface area (Å²) < 4.78 is 27.0. The van der Waals surface area contributed by atoms with Gasteiger partial charge >= 0.3 is 0 Å². The van der Waals surface area contributed by atoms with Crippen molar-refractivity contribution >= 4 is 0 Å². The molecule has 0 fully saturated rings. The Bertz CT molecular complexity index is 376. The van der Waals surface area contributed by atoms with Crippen LogP contribution in [0.15, 0.2) is 18.2 Å². The SMILES string of the molecule is CC(CC(O)c1c(F)cccc1F)CC(C)(C)C. The molecule has 0 saturated heterocycles. The van der Waals surface area contributed by atoms with Gasteiger partial charge in [0.05, 0.1) is 11.7 Å². The number of aliphatic hydroxyl groups excluding tert-OH is 1. The van der Waals surface area contributed by atoms with Gasteiger partial charge in [-0.1, -0.05) is 33.8 Å². The maximum atomic E-state index is 13.5. The molecule has 1 rings (SSSR count). The van der Waals surface area contributed by atoms with E-state index in [9.17, 15) is 13.9 Å². The topological polar surface area (TPSA) is 20.2 Å². The molecule has 0 spiro atoms. The van der Waals surface area contributed by atoms with E-state index in [1.54, 1.807) is 0 Å². The number of benzene rings is 1. The summed E-state index contributed by atoms with van der Waals surface area (Å²) in [4.78, 5) is 0. The fraction of sp³-hybridized carbons (Fsp3) is 0.600. The second-order valence-corrected chi connectivity index (χ2v) is 6.26. The van der Waals surface area contributed by atoms with Crippen LogP contribution in [0.4, 0.5) is 8.78 Å². The lowest BCUT2D eigenvalue weighted by atomic mass is 9.82. The maximum absolute atomic E-state index is 13.5. The molecule has 1 aromatic carbocycles. The Labute approximate surface area is 108 Å². The molecule has 2 atom stereocenters. The van der Waals surface area contributed by atoms with E-state index in [1.807, 2.05) is 6.92 Å². The summed E-state index contributed by atoms with van der Waals surface area (Å²) in [5.74, 6) is -1.14. The highest BCUT2D eigenvalue weighted by atomic mass is 19.1. The van der Waals surface area contributed by atoms with Gasteiger partial charge in [-0.25, -0.2) is 8.78 Å². The summed E-state index contributed by atoms with van der Waals surface area (Å²) in [5, 5.41) is 9.97. The average Bonchev–Trinajstić information content (AvgIpc) is 2.13. The molecule has 0 aliphatic rings. The van der Waals surface area contributed by atoms with Gasteiger partial charge in [0.2, 0.25) is 0 Å². The standard InChI is InChI=1S/C15H22F2O/c1-10(9-15(2,3)4)8-13(18)14-11(16)6-5-7-12(14)17/h5-7,10,13,18H,8-9H2,1-4H3. The summed E-state index contributed by atoms with van der Waals surface area (Å²) in [6, 6.07) is 3.66. The van der Waals surface area contributed by atoms with E-state index < -0.39 is 17.7 Å². The van der Waals surface area contributed by atoms with E-state index in [0.29, 0.717) is 6.42 Å². The van der Waals surface area contributed by atoms with Crippen molar-refractivity contribution in [2.24, 2.45) is 11.3 Å². The zero-order valence-corrected chi connectivity index (χ0v) is 11.5. The predicted octanol–water partition coefficient (Wildman–Crippen LogP) is 4.46. The summed E-state index contributed by atoms with van der Waals surface area (Å²) in [6.07, 6.45) is 0.193. The fourth-order valence-electron chi connectivity index (χ4n) is 2.46. The molecule has 18 heavy (non-hydrogen) atoms. The first-order valence-corrected chi connectivity index (χ1v) is 6.32. The van der Waals surface area contributed by atoms with E-state index in [2.05, 4.69) is 20.8 Å². The Balaban J connectivity index is 2.74. The fourth-order valence-corrected chi connectivity index (χ4v) is 2.46. The van der Waals surface area contributed by atoms with Crippen molar-refractivity contribution in [1.29, 1.82) is 0 Å². The largest absolute Gasteiger partial charge is 0.388 e. The van der Waals surface area contributed by atoms with Gasteiger partial charge < -0.3 is 5.11 Å². The molecule has 0 heterocycles. The van der Waals surface area contributed by atoms with Gasteiger partial charge in [0.25, 0.3) is 0 Å². The molecular formula is C15H22F2O. The predicted molar refractivity (Wildman–Crippen MR) is 69.2 cm³/mol. The molecule has 0 aliphatic heterocycles. The summed E-state index contributed by atoms with van der Waals surface area (Å²) in [6.45, 7) is 8.33. The quantitative estimate of drug-likeness (QED) is 0.843. The number of rotatable bonds is 4. The molecule has 1 aromatic rings. The zero-order chi connectivity index (χ0) is 13.9. The Kier molecular flexibility index (Phi) is 4.85. The summed E-state index contributed by atoms with van der Waals surface area (Å²) in [5.41, 5.74) is -0.0642. The monoisotopic (exact) mass is 256 g/mol. The Hall–Kier alpha value is -0.960. The lowest BCUT2D eigenvalue weighted by Crippen LogP contribution is -2.15. The first-order chi connectivity index (χ1) is 8.20. The van der Waals surface area contributed by atoms with Gasteiger partial charge in [0, 0.05) is 0 Å². The van der Waals surface area contributed by atoms with Crippen molar-refractivity contribution in [3.8, 4) is 0 Å². The molecule has 1 N–H and O–H groups in total. The summed E-state index contributed by atoms with van der Waals surface area (Å²) in [7, 11) is 0. The maximum Gasteiger partial charge on any atom is 0.131 e. The third-order valence-corrected chi connectivity index (χ3v) is 2.92. The molecule has 0 bridgehead atoms. The molecule has 0 saturated carbocycles. The van der Waals surface area contributed by atoms with Crippen LogP contribution in [0.25, 0.3) is 0 Å². The normalized spacial score (nSPS) is 15.5. The highest BCUT2D eigenvalue weighted by Gasteiger charge is 2.22. The molecule has 2 unspecified atom stereocenters. The van der Waals surface area contributed by atoms with E-state index >= 15 is 0 Å². The van der Waals surface area contributed by atoms with E-state index in [-0.39, 0.29) is 16.9 Å². The van der Waals surface area contributed by atoms with Gasteiger partial charge in [0.15, 0.2) is 0 Å². The van der Waals surface area contributed by atoms with Crippen LogP contribution in [0, 0.1) is 23.0 Å². The first kappa shape index (κ1) is 15.1. The van der Waals surface area contributed by atoms with Crippen molar-refractivity contribution in [2.75, 3.05) is 0 Å². The van der Waals surface area contributed by atoms with Crippen molar-refractivity contribution in [1.82, 2.24) is 0 Å². The van der Waals surface area contributed by atoms with Crippen LogP contribution in [-0.2, 0) is 0 Å². The van der Waals surface area contributed by atoms with E-state index in [1.165, 1.54) is 18.2 Å². The molecule has 1 nitrogen and oxygen atoms in total. The minimum Gasteiger partial charge on any atom is -0.388 e. The Morgan fingerprint density at radius 1 is 1.17 bits per heavy atom. The lowest BCUT2D eigenvalue weighted by Gasteiger charge is -2.25. The first-order valence-electron chi connectivity index (χ1n) is 6.32. The van der Waals surface area contributed by atoms with Crippen LogP contribution >= 0.6 is 0 Å². The minimum absolute atomic E-state index is 0.146. The van der Waals surface area contributed by atoms with Gasteiger partial charge in [-0.05, 0) is 36.3 Å². The smallest absolute Gasteiger partial charge is 0.131 e. The van der Waals surface area contributed by atoms with Crippen LogP contribution in [-0.4, -0.2) is 5.11 Å². The van der Waals surface area contributed by atoms with E-state index in [4.69, 9.17) is 0 Å². The van der Waals surface area contributed by atoms with Crippen LogP contribution in [0.1, 0.15) is 52.2 Å². The number of hydrogen-bond donors (Lipinski definition) is 1. The van der Waals surface area contributed by atoms with Crippen LogP contribution in [0.5, 0.6) is 0 Å². The van der Waals surface area contributed by atoms with Gasteiger partial charge in [0.1, 0.15) is 11.6 Å². The lowest BCUT2D eigenvalue weighted by molar-refractivity contribution is 0.126. The summed E-state index contributed by atoms with van der Waals surface area (Å²) >= 11 is 0. The third-order valence-electron chi connectivity index (χ3n) is 2.92. The minimum atomic E-state index is -1.08. The van der Waals surface area contributed by atoms with Gasteiger partial charge in [-0.3, -0.25) is 0 Å². The Morgan fingerprint density at radius 3 is 2.11 bits per heavy atom. The van der Waals surface area contributed by atoms with Crippen molar-refractivity contribution in [3.63, 3.8) is 0 Å². The van der Waals surface area contributed by atoms with Crippen LogP contribution < -0.4 is 0 Å². The molecule has 0 amide bonds. The van der Waals surface area contributed by atoms with Crippen molar-refractivity contribution < 1.29 is 13.9 Å². The second kappa shape index (κ2) is 5.79. The van der Waals surface area contributed by atoms with Crippen molar-refractivity contribution in [3.05, 3.63) is 35.4 Å². The zero-order valence-electron chi connectivity index (χ0n) is 11.5. The second-order valence-electron chi connectivity index (χ2n) is 6.26. The number of halogens is 2. The highest BCUT2D eigenvalue weighted by molar-refractivity contribution is 5.22. The van der Waals surface area contributed by atoms with Crippen molar-refractivity contribution in [2.45, 2.75) is 46.6 Å². The molecule has 3 heteroatoms. The van der Waals surface area contributed by atoms with Crippen LogP contribution in [0.3, 0.4) is 0 Å². The van der Waals surface area contributed by atoms with Gasteiger partial charge in [-0.2, -0.15) is 0 Å². The van der Waals surface area contributed by atoms with Crippen LogP contribution in [0.2, 0.25) is 0 Å². The van der Waals surface area contributed by atoms with E-state index in [0.717, 1.165) is 6.42 Å². The molecule has 0 aliphatic carbocycles. The average molecular weight is 256 g/mol. The molecule has 0 radical (unpaired) electrons. The van der Waals surface area contributed by atoms with Gasteiger partial charge in [-0.15, -0.1) is 0 Å². The molecule has 102 valence electrons. The Morgan fingerprint density at radius 2 is 1.67 bits per heavy atom. The number of aliphatic hydroxyl groups is 1. The third kappa shape index (κ3) is 4.37.